The van der Waals surface area contributed by atoms with Gasteiger partial charge in [0.15, 0.2) is 5.16 Å². The lowest BCUT2D eigenvalue weighted by Gasteiger charge is -2.08. The number of halogens is 1. The van der Waals surface area contributed by atoms with Crippen molar-refractivity contribution in [1.29, 1.82) is 0 Å². The summed E-state index contributed by atoms with van der Waals surface area (Å²) < 4.78 is 2.07. The maximum atomic E-state index is 4.27. The first-order valence-corrected chi connectivity index (χ1v) is 5.68. The lowest BCUT2D eigenvalue weighted by molar-refractivity contribution is 0.671. The van der Waals surface area contributed by atoms with Crippen molar-refractivity contribution in [2.75, 3.05) is 12.3 Å². The molecule has 0 saturated carbocycles. The zero-order valence-corrected chi connectivity index (χ0v) is 9.90. The van der Waals surface area contributed by atoms with Crippen LogP contribution >= 0.6 is 24.2 Å². The Bertz CT molecular complexity index is 271. The van der Waals surface area contributed by atoms with Crippen LogP contribution in [0.15, 0.2) is 17.6 Å². The molecule has 1 aliphatic rings. The number of aryl methyl sites for hydroxylation is 1. The molecule has 1 aliphatic heterocycles. The van der Waals surface area contributed by atoms with Gasteiger partial charge in [0.05, 0.1) is 0 Å². The third-order valence-electron chi connectivity index (χ3n) is 2.35. The summed E-state index contributed by atoms with van der Waals surface area (Å²) in [7, 11) is 2.04. The van der Waals surface area contributed by atoms with Crippen LogP contribution in [0.25, 0.3) is 0 Å². The van der Waals surface area contributed by atoms with Gasteiger partial charge >= 0.3 is 0 Å². The molecule has 1 unspecified atom stereocenters. The van der Waals surface area contributed by atoms with Crippen molar-refractivity contribution >= 4 is 24.2 Å². The van der Waals surface area contributed by atoms with Gasteiger partial charge in [0.1, 0.15) is 0 Å². The molecule has 0 amide bonds. The zero-order valence-electron chi connectivity index (χ0n) is 8.27. The van der Waals surface area contributed by atoms with Crippen LogP contribution in [0.4, 0.5) is 0 Å². The summed E-state index contributed by atoms with van der Waals surface area (Å²) in [6.07, 6.45) is 6.48. The minimum absolute atomic E-state index is 0. The molecule has 3 nitrogen and oxygen atoms in total. The first-order chi connectivity index (χ1) is 6.36. The summed E-state index contributed by atoms with van der Waals surface area (Å²) in [5, 5.41) is 4.60. The van der Waals surface area contributed by atoms with Gasteiger partial charge < -0.3 is 9.88 Å². The van der Waals surface area contributed by atoms with Crippen LogP contribution in [0.5, 0.6) is 0 Å². The molecular weight excluding hydrogens is 218 g/mol. The van der Waals surface area contributed by atoms with Gasteiger partial charge in [-0.05, 0) is 19.4 Å². The van der Waals surface area contributed by atoms with Crippen LogP contribution in [-0.4, -0.2) is 27.9 Å². The van der Waals surface area contributed by atoms with E-state index in [1.54, 1.807) is 0 Å². The zero-order chi connectivity index (χ0) is 9.10. The Kier molecular flexibility index (Phi) is 4.78. The van der Waals surface area contributed by atoms with Crippen molar-refractivity contribution in [1.82, 2.24) is 14.9 Å². The van der Waals surface area contributed by atoms with Crippen molar-refractivity contribution in [3.05, 3.63) is 12.4 Å². The molecule has 0 bridgehead atoms. The molecule has 1 aromatic heterocycles. The van der Waals surface area contributed by atoms with E-state index in [0.29, 0.717) is 6.04 Å². The first-order valence-electron chi connectivity index (χ1n) is 4.70. The summed E-state index contributed by atoms with van der Waals surface area (Å²) in [5.74, 6) is 1.14. The van der Waals surface area contributed by atoms with Crippen LogP contribution in [-0.2, 0) is 7.05 Å². The Morgan fingerprint density at radius 2 is 2.57 bits per heavy atom. The van der Waals surface area contributed by atoms with E-state index in [1.165, 1.54) is 19.4 Å². The predicted octanol–water partition coefficient (Wildman–Crippen LogP) is 1.69. The lowest BCUT2D eigenvalue weighted by atomic mass is 10.3. The number of hydrogen-bond acceptors (Lipinski definition) is 3. The number of hydrogen-bond donors (Lipinski definition) is 1. The summed E-state index contributed by atoms with van der Waals surface area (Å²) in [6, 6.07) is 0.696. The molecule has 1 saturated heterocycles. The van der Waals surface area contributed by atoms with E-state index in [-0.39, 0.29) is 12.4 Å². The smallest absolute Gasteiger partial charge is 0.167 e. The molecule has 5 heteroatoms. The number of nitrogens with zero attached hydrogens (tertiary/aromatic N) is 2. The molecular formula is C9H16ClN3S. The van der Waals surface area contributed by atoms with E-state index in [4.69, 9.17) is 0 Å². The highest BCUT2D eigenvalue weighted by molar-refractivity contribution is 7.99. The molecule has 2 rings (SSSR count). The van der Waals surface area contributed by atoms with Crippen LogP contribution in [0.2, 0.25) is 0 Å². The third kappa shape index (κ3) is 2.90. The van der Waals surface area contributed by atoms with Crippen molar-refractivity contribution in [2.24, 2.45) is 7.05 Å². The van der Waals surface area contributed by atoms with Crippen molar-refractivity contribution in [3.8, 4) is 0 Å². The molecule has 80 valence electrons. The lowest BCUT2D eigenvalue weighted by Crippen LogP contribution is -2.23. The molecule has 1 atom stereocenters. The van der Waals surface area contributed by atoms with Gasteiger partial charge in [-0.2, -0.15) is 0 Å². The largest absolute Gasteiger partial charge is 0.329 e. The van der Waals surface area contributed by atoms with Crippen molar-refractivity contribution in [3.63, 3.8) is 0 Å². The fraction of sp³-hybridized carbons (Fsp3) is 0.667. The summed E-state index contributed by atoms with van der Waals surface area (Å²) in [5.41, 5.74) is 0. The Hall–Kier alpha value is -0.190. The number of aromatic nitrogens is 2. The van der Waals surface area contributed by atoms with Crippen molar-refractivity contribution in [2.45, 2.75) is 24.0 Å². The van der Waals surface area contributed by atoms with E-state index >= 15 is 0 Å². The second-order valence-corrected chi connectivity index (χ2v) is 4.41. The highest BCUT2D eigenvalue weighted by atomic mass is 35.5. The Labute approximate surface area is 95.1 Å². The van der Waals surface area contributed by atoms with E-state index < -0.39 is 0 Å². The van der Waals surface area contributed by atoms with E-state index in [0.717, 1.165) is 10.9 Å². The first kappa shape index (κ1) is 11.9. The molecule has 0 spiro atoms. The minimum atomic E-state index is 0. The van der Waals surface area contributed by atoms with Gasteiger partial charge in [0.2, 0.25) is 0 Å². The average molecular weight is 234 g/mol. The average Bonchev–Trinajstić information content (AvgIpc) is 2.72. The third-order valence-corrected chi connectivity index (χ3v) is 3.57. The van der Waals surface area contributed by atoms with Gasteiger partial charge in [-0.3, -0.25) is 0 Å². The standard InChI is InChI=1S/C9H15N3S.ClH/c1-12-6-5-11-9(12)13-7-8-3-2-4-10-8;/h5-6,8,10H,2-4,7H2,1H3;1H. The van der Waals surface area contributed by atoms with Gasteiger partial charge in [0.25, 0.3) is 0 Å². The van der Waals surface area contributed by atoms with Crippen LogP contribution < -0.4 is 5.32 Å². The van der Waals surface area contributed by atoms with Crippen LogP contribution in [0.1, 0.15) is 12.8 Å². The number of nitrogens with one attached hydrogen (secondary N) is 1. The molecule has 1 fully saturated rings. The second-order valence-electron chi connectivity index (χ2n) is 3.43. The summed E-state index contributed by atoms with van der Waals surface area (Å²) in [6.45, 7) is 1.19. The highest BCUT2D eigenvalue weighted by Crippen LogP contribution is 2.18. The van der Waals surface area contributed by atoms with Crippen molar-refractivity contribution < 1.29 is 0 Å². The molecule has 0 aliphatic carbocycles. The SMILES string of the molecule is Cl.Cn1ccnc1SCC1CCCN1. The van der Waals surface area contributed by atoms with Gasteiger partial charge in [0, 0.05) is 31.2 Å². The maximum absolute atomic E-state index is 4.27. The minimum Gasteiger partial charge on any atom is -0.329 e. The van der Waals surface area contributed by atoms with Gasteiger partial charge in [-0.25, -0.2) is 4.98 Å². The quantitative estimate of drug-likeness (QED) is 0.806. The number of imidazole rings is 1. The molecule has 14 heavy (non-hydrogen) atoms. The van der Waals surface area contributed by atoms with Crippen LogP contribution in [0.3, 0.4) is 0 Å². The van der Waals surface area contributed by atoms with Gasteiger partial charge in [-0.1, -0.05) is 11.8 Å². The highest BCUT2D eigenvalue weighted by Gasteiger charge is 2.14. The van der Waals surface area contributed by atoms with Gasteiger partial charge in [-0.15, -0.1) is 12.4 Å². The fourth-order valence-corrected chi connectivity index (χ4v) is 2.60. The Morgan fingerprint density at radius 1 is 1.71 bits per heavy atom. The molecule has 2 heterocycles. The molecule has 0 aromatic carbocycles. The van der Waals surface area contributed by atoms with E-state index in [2.05, 4.69) is 14.9 Å². The Morgan fingerprint density at radius 3 is 3.14 bits per heavy atom. The molecule has 1 aromatic rings. The number of rotatable bonds is 3. The summed E-state index contributed by atoms with van der Waals surface area (Å²) in [4.78, 5) is 4.27. The normalized spacial score (nSPS) is 20.8. The topological polar surface area (TPSA) is 29.9 Å². The Balaban J connectivity index is 0.000000980. The predicted molar refractivity (Wildman–Crippen MR) is 62.2 cm³/mol. The number of thioether (sulfide) groups is 1. The maximum Gasteiger partial charge on any atom is 0.167 e. The van der Waals surface area contributed by atoms with E-state index in [9.17, 15) is 0 Å². The summed E-state index contributed by atoms with van der Waals surface area (Å²) >= 11 is 1.84. The second kappa shape index (κ2) is 5.63. The molecule has 1 N–H and O–H groups in total. The molecule has 0 radical (unpaired) electrons. The fourth-order valence-electron chi connectivity index (χ4n) is 1.57. The van der Waals surface area contributed by atoms with E-state index in [1.807, 2.05) is 31.2 Å². The monoisotopic (exact) mass is 233 g/mol. The van der Waals surface area contributed by atoms with Crippen LogP contribution in [0, 0.1) is 0 Å².